The second-order valence-electron chi connectivity index (χ2n) is 7.41. The van der Waals surface area contributed by atoms with E-state index < -0.39 is 35.4 Å². The normalized spacial score (nSPS) is 13.0. The molecule has 35 heavy (non-hydrogen) atoms. The van der Waals surface area contributed by atoms with Gasteiger partial charge in [-0.1, -0.05) is 6.07 Å². The summed E-state index contributed by atoms with van der Waals surface area (Å²) in [5.74, 6) is -0.310. The van der Waals surface area contributed by atoms with E-state index in [1.165, 1.54) is 47.0 Å². The molecule has 3 heterocycles. The highest BCUT2D eigenvalue weighted by Gasteiger charge is 2.39. The molecule has 0 aliphatic carbocycles. The number of hydrogen-bond acceptors (Lipinski definition) is 5. The zero-order valence-corrected chi connectivity index (χ0v) is 18.5. The Bertz CT molecular complexity index is 1350. The molecule has 0 aliphatic heterocycles. The van der Waals surface area contributed by atoms with Gasteiger partial charge in [0.15, 0.2) is 0 Å². The fourth-order valence-electron chi connectivity index (χ4n) is 3.41. The molecule has 6 nitrogen and oxygen atoms in total. The Morgan fingerprint density at radius 2 is 1.86 bits per heavy atom. The SMILES string of the molecule is CC(c1ccc(C(F)(F)F)cc1C(F)(F)F)n1cc(-c2cccnc2NC(=O)c2cscn2)cn1. The molecule has 3 aromatic heterocycles. The number of carbonyl (C=O) groups excluding carboxylic acids is 1. The zero-order valence-electron chi connectivity index (χ0n) is 17.7. The van der Waals surface area contributed by atoms with Crippen LogP contribution in [-0.2, 0) is 12.4 Å². The molecule has 0 fully saturated rings. The zero-order chi connectivity index (χ0) is 25.4. The Hall–Kier alpha value is -3.74. The van der Waals surface area contributed by atoms with Crippen LogP contribution in [0.2, 0.25) is 0 Å². The molecule has 182 valence electrons. The van der Waals surface area contributed by atoms with Crippen LogP contribution < -0.4 is 5.32 Å². The first-order valence-corrected chi connectivity index (χ1v) is 10.9. The lowest BCUT2D eigenvalue weighted by Gasteiger charge is -2.20. The van der Waals surface area contributed by atoms with Gasteiger partial charge in [0.25, 0.3) is 5.91 Å². The highest BCUT2D eigenvalue weighted by molar-refractivity contribution is 7.07. The Balaban J connectivity index is 1.67. The highest BCUT2D eigenvalue weighted by atomic mass is 32.1. The van der Waals surface area contributed by atoms with E-state index in [-0.39, 0.29) is 23.1 Å². The predicted molar refractivity (Wildman–Crippen MR) is 116 cm³/mol. The summed E-state index contributed by atoms with van der Waals surface area (Å²) in [6.07, 6.45) is -5.68. The molecule has 1 atom stereocenters. The molecule has 0 saturated carbocycles. The molecule has 0 saturated heterocycles. The minimum atomic E-state index is -5.00. The van der Waals surface area contributed by atoms with Crippen LogP contribution in [0.25, 0.3) is 11.1 Å². The van der Waals surface area contributed by atoms with Crippen LogP contribution in [0.5, 0.6) is 0 Å². The minimum Gasteiger partial charge on any atom is -0.305 e. The highest BCUT2D eigenvalue weighted by Crippen LogP contribution is 2.40. The number of thiazole rings is 1. The van der Waals surface area contributed by atoms with Crippen LogP contribution in [-0.4, -0.2) is 25.7 Å². The van der Waals surface area contributed by atoms with Gasteiger partial charge in [0.2, 0.25) is 0 Å². The number of halogens is 6. The van der Waals surface area contributed by atoms with Crippen LogP contribution in [0.3, 0.4) is 0 Å². The average molecular weight is 511 g/mol. The second-order valence-corrected chi connectivity index (χ2v) is 8.13. The monoisotopic (exact) mass is 511 g/mol. The van der Waals surface area contributed by atoms with Gasteiger partial charge in [0.05, 0.1) is 28.9 Å². The lowest BCUT2D eigenvalue weighted by molar-refractivity contribution is -0.143. The van der Waals surface area contributed by atoms with Gasteiger partial charge in [-0.05, 0) is 36.8 Å². The maximum absolute atomic E-state index is 13.6. The average Bonchev–Trinajstić information content (AvgIpc) is 3.50. The summed E-state index contributed by atoms with van der Waals surface area (Å²) in [5, 5.41) is 8.30. The van der Waals surface area contributed by atoms with E-state index >= 15 is 0 Å². The van der Waals surface area contributed by atoms with E-state index in [0.717, 1.165) is 6.07 Å². The van der Waals surface area contributed by atoms with Crippen molar-refractivity contribution in [1.82, 2.24) is 19.7 Å². The Morgan fingerprint density at radius 3 is 2.51 bits per heavy atom. The van der Waals surface area contributed by atoms with Crippen LogP contribution in [0, 0.1) is 0 Å². The summed E-state index contributed by atoms with van der Waals surface area (Å²) in [4.78, 5) is 20.4. The second kappa shape index (κ2) is 9.13. The topological polar surface area (TPSA) is 72.7 Å². The van der Waals surface area contributed by atoms with Crippen LogP contribution in [0.15, 0.2) is 59.8 Å². The number of alkyl halides is 6. The number of aromatic nitrogens is 4. The summed E-state index contributed by atoms with van der Waals surface area (Å²) < 4.78 is 81.0. The number of anilines is 1. The maximum Gasteiger partial charge on any atom is 0.416 e. The Labute approximate surface area is 198 Å². The summed E-state index contributed by atoms with van der Waals surface area (Å²) in [6, 6.07) is 3.71. The molecule has 4 aromatic rings. The van der Waals surface area contributed by atoms with Gasteiger partial charge in [-0.25, -0.2) is 9.97 Å². The van der Waals surface area contributed by atoms with Gasteiger partial charge in [0.1, 0.15) is 11.5 Å². The fraction of sp³-hybridized carbons (Fsp3) is 0.182. The molecular weight excluding hydrogens is 496 g/mol. The molecule has 13 heteroatoms. The first-order valence-electron chi connectivity index (χ1n) is 9.92. The third-order valence-corrected chi connectivity index (χ3v) is 5.74. The number of hydrogen-bond donors (Lipinski definition) is 1. The minimum absolute atomic E-state index is 0.101. The van der Waals surface area contributed by atoms with E-state index in [1.807, 2.05) is 0 Å². The molecule has 0 radical (unpaired) electrons. The van der Waals surface area contributed by atoms with Gasteiger partial charge in [-0.15, -0.1) is 11.3 Å². The first kappa shape index (κ1) is 24.4. The largest absolute Gasteiger partial charge is 0.416 e. The van der Waals surface area contributed by atoms with Gasteiger partial charge in [0, 0.05) is 28.9 Å². The van der Waals surface area contributed by atoms with Gasteiger partial charge >= 0.3 is 12.4 Å². The smallest absolute Gasteiger partial charge is 0.305 e. The quantitative estimate of drug-likeness (QED) is 0.319. The Morgan fingerprint density at radius 1 is 1.09 bits per heavy atom. The molecular formula is C22H15F6N5OS. The van der Waals surface area contributed by atoms with Crippen LogP contribution in [0.4, 0.5) is 32.2 Å². The number of amides is 1. The summed E-state index contributed by atoms with van der Waals surface area (Å²) in [7, 11) is 0. The lowest BCUT2D eigenvalue weighted by Crippen LogP contribution is -2.17. The van der Waals surface area contributed by atoms with Crippen molar-refractivity contribution in [3.8, 4) is 11.1 Å². The molecule has 0 aliphatic rings. The van der Waals surface area contributed by atoms with Crippen molar-refractivity contribution in [3.05, 3.63) is 82.2 Å². The van der Waals surface area contributed by atoms with Gasteiger partial charge in [-0.3, -0.25) is 9.48 Å². The maximum atomic E-state index is 13.6. The number of carbonyl (C=O) groups is 1. The van der Waals surface area contributed by atoms with Crippen molar-refractivity contribution in [2.75, 3.05) is 5.32 Å². The number of benzene rings is 1. The summed E-state index contributed by atoms with van der Waals surface area (Å²) in [6.45, 7) is 1.39. The molecule has 1 aromatic carbocycles. The third-order valence-electron chi connectivity index (χ3n) is 5.15. The van der Waals surface area contributed by atoms with E-state index in [4.69, 9.17) is 0 Å². The van der Waals surface area contributed by atoms with Crippen LogP contribution in [0.1, 0.15) is 40.1 Å². The van der Waals surface area contributed by atoms with E-state index in [0.29, 0.717) is 17.2 Å². The number of nitrogens with zero attached hydrogens (tertiary/aromatic N) is 4. The van der Waals surface area contributed by atoms with Crippen molar-refractivity contribution in [1.29, 1.82) is 0 Å². The predicted octanol–water partition coefficient (Wildman–Crippen LogP) is 6.30. The first-order chi connectivity index (χ1) is 16.4. The molecule has 4 rings (SSSR count). The lowest BCUT2D eigenvalue weighted by atomic mass is 9.98. The number of pyridine rings is 1. The van der Waals surface area contributed by atoms with E-state index in [9.17, 15) is 31.1 Å². The molecule has 0 spiro atoms. The van der Waals surface area contributed by atoms with Crippen molar-refractivity contribution in [2.24, 2.45) is 0 Å². The Kier molecular flexibility index (Phi) is 6.36. The summed E-state index contributed by atoms with van der Waals surface area (Å²) in [5.41, 5.74) is -0.596. The van der Waals surface area contributed by atoms with Crippen molar-refractivity contribution in [2.45, 2.75) is 25.3 Å². The molecule has 1 unspecified atom stereocenters. The van der Waals surface area contributed by atoms with Crippen molar-refractivity contribution in [3.63, 3.8) is 0 Å². The van der Waals surface area contributed by atoms with Gasteiger partial charge < -0.3 is 5.32 Å². The third kappa shape index (κ3) is 5.19. The van der Waals surface area contributed by atoms with Gasteiger partial charge in [-0.2, -0.15) is 31.4 Å². The molecule has 1 N–H and O–H groups in total. The number of nitrogens with one attached hydrogen (secondary N) is 1. The summed E-state index contributed by atoms with van der Waals surface area (Å²) >= 11 is 1.24. The fourth-order valence-corrected chi connectivity index (χ4v) is 3.94. The van der Waals surface area contributed by atoms with E-state index in [1.54, 1.807) is 17.5 Å². The number of rotatable bonds is 5. The van der Waals surface area contributed by atoms with Crippen molar-refractivity contribution >= 4 is 23.1 Å². The van der Waals surface area contributed by atoms with E-state index in [2.05, 4.69) is 20.4 Å². The van der Waals surface area contributed by atoms with Crippen molar-refractivity contribution < 1.29 is 31.1 Å². The molecule has 0 bridgehead atoms. The molecule has 1 amide bonds. The van der Waals surface area contributed by atoms with Crippen LogP contribution >= 0.6 is 11.3 Å². The standard InChI is InChI=1S/C22H15F6N5OS/c1-12(15-5-4-14(21(23,24)25)7-17(15)22(26,27)28)33-9-13(8-31-33)16-3-2-6-29-19(16)32-20(34)18-10-35-11-30-18/h2-12H,1H3,(H,29,32,34).